The number of phenolic OH excluding ortho intramolecular Hbond substituents is 1. The Kier molecular flexibility index (Phi) is 2.93. The summed E-state index contributed by atoms with van der Waals surface area (Å²) in [6.45, 7) is 1.94. The summed E-state index contributed by atoms with van der Waals surface area (Å²) in [4.78, 5) is 0. The average Bonchev–Trinajstić information content (AvgIpc) is 2.27. The zero-order valence-electron chi connectivity index (χ0n) is 9.14. The maximum Gasteiger partial charge on any atom is 0.116 e. The van der Waals surface area contributed by atoms with Crippen LogP contribution in [-0.4, -0.2) is 10.2 Å². The van der Waals surface area contributed by atoms with Crippen molar-refractivity contribution >= 4 is 0 Å². The van der Waals surface area contributed by atoms with Gasteiger partial charge in [0.1, 0.15) is 5.75 Å². The molecule has 2 N–H and O–H groups in total. The summed E-state index contributed by atoms with van der Waals surface area (Å²) in [5.41, 5.74) is 3.77. The number of hydrogen-bond donors (Lipinski definition) is 2. The van der Waals surface area contributed by atoms with E-state index in [1.54, 1.807) is 12.1 Å². The average molecular weight is 214 g/mol. The Hall–Kier alpha value is -1.80. The molecule has 16 heavy (non-hydrogen) atoms. The molecule has 82 valence electrons. The predicted molar refractivity (Wildman–Crippen MR) is 64.2 cm³/mol. The van der Waals surface area contributed by atoms with Gasteiger partial charge < -0.3 is 10.2 Å². The van der Waals surface area contributed by atoms with Crippen molar-refractivity contribution in [2.75, 3.05) is 0 Å². The number of hydrogen-bond acceptors (Lipinski definition) is 2. The van der Waals surface area contributed by atoms with Crippen molar-refractivity contribution in [2.24, 2.45) is 0 Å². The molecule has 2 heteroatoms. The molecule has 0 aromatic heterocycles. The van der Waals surface area contributed by atoms with Gasteiger partial charge in [-0.05, 0) is 41.3 Å². The summed E-state index contributed by atoms with van der Waals surface area (Å²) < 4.78 is 0. The number of aliphatic hydroxyl groups is 1. The molecule has 0 fully saturated rings. The van der Waals surface area contributed by atoms with Crippen LogP contribution in [-0.2, 0) is 6.61 Å². The summed E-state index contributed by atoms with van der Waals surface area (Å²) in [5.74, 6) is 0.253. The molecule has 2 rings (SSSR count). The molecule has 0 aliphatic rings. The second-order valence-electron chi connectivity index (χ2n) is 3.87. The van der Waals surface area contributed by atoms with E-state index in [9.17, 15) is 10.2 Å². The number of benzene rings is 2. The molecule has 0 aliphatic heterocycles. The van der Waals surface area contributed by atoms with Crippen LogP contribution in [0.1, 0.15) is 11.1 Å². The molecule has 0 amide bonds. The van der Waals surface area contributed by atoms with Gasteiger partial charge in [-0.3, -0.25) is 0 Å². The van der Waals surface area contributed by atoms with Crippen LogP contribution in [0.3, 0.4) is 0 Å². The molecule has 0 heterocycles. The highest BCUT2D eigenvalue weighted by Crippen LogP contribution is 2.27. The Balaban J connectivity index is 2.58. The van der Waals surface area contributed by atoms with Crippen LogP contribution in [0, 0.1) is 6.92 Å². The first kappa shape index (κ1) is 10.7. The lowest BCUT2D eigenvalue weighted by atomic mass is 9.98. The molecule has 2 nitrogen and oxygen atoms in total. The van der Waals surface area contributed by atoms with E-state index in [4.69, 9.17) is 0 Å². The first-order valence-corrected chi connectivity index (χ1v) is 5.20. The summed E-state index contributed by atoms with van der Waals surface area (Å²) in [7, 11) is 0. The van der Waals surface area contributed by atoms with E-state index in [-0.39, 0.29) is 12.4 Å². The first-order chi connectivity index (χ1) is 7.70. The largest absolute Gasteiger partial charge is 0.508 e. The van der Waals surface area contributed by atoms with E-state index >= 15 is 0 Å². The van der Waals surface area contributed by atoms with Crippen LogP contribution in [0.2, 0.25) is 0 Å². The Morgan fingerprint density at radius 1 is 1.06 bits per heavy atom. The molecule has 0 aliphatic carbocycles. The zero-order chi connectivity index (χ0) is 11.5. The third-order valence-corrected chi connectivity index (χ3v) is 2.56. The van der Waals surface area contributed by atoms with E-state index in [1.165, 1.54) is 0 Å². The topological polar surface area (TPSA) is 40.5 Å². The molecule has 2 aromatic carbocycles. The lowest BCUT2D eigenvalue weighted by Gasteiger charge is -2.08. The fraction of sp³-hybridized carbons (Fsp3) is 0.143. The van der Waals surface area contributed by atoms with Gasteiger partial charge in [-0.2, -0.15) is 0 Å². The van der Waals surface area contributed by atoms with Gasteiger partial charge in [-0.25, -0.2) is 0 Å². The van der Waals surface area contributed by atoms with E-state index in [1.807, 2.05) is 37.3 Å². The summed E-state index contributed by atoms with van der Waals surface area (Å²) in [5, 5.41) is 18.8. The standard InChI is InChI=1S/C14H14O2/c1-10-6-12(8-13(16)7-10)14-5-3-2-4-11(14)9-15/h2-8,15-16H,9H2,1H3. The maximum absolute atomic E-state index is 9.56. The number of phenols is 1. The lowest BCUT2D eigenvalue weighted by molar-refractivity contribution is 0.282. The fourth-order valence-corrected chi connectivity index (χ4v) is 1.86. The molecule has 0 radical (unpaired) electrons. The lowest BCUT2D eigenvalue weighted by Crippen LogP contribution is -1.89. The normalized spacial score (nSPS) is 10.4. The molecule has 0 unspecified atom stereocenters. The minimum Gasteiger partial charge on any atom is -0.508 e. The summed E-state index contributed by atoms with van der Waals surface area (Å²) >= 11 is 0. The smallest absolute Gasteiger partial charge is 0.116 e. The molecular formula is C14H14O2. The van der Waals surface area contributed by atoms with Crippen molar-refractivity contribution in [2.45, 2.75) is 13.5 Å². The number of aromatic hydroxyl groups is 1. The molecule has 0 spiro atoms. The quantitative estimate of drug-likeness (QED) is 0.807. The Bertz CT molecular complexity index is 484. The second-order valence-corrected chi connectivity index (χ2v) is 3.87. The third kappa shape index (κ3) is 2.07. The highest BCUT2D eigenvalue weighted by molar-refractivity contribution is 5.69. The molecule has 0 bridgehead atoms. The number of aryl methyl sites for hydroxylation is 1. The third-order valence-electron chi connectivity index (χ3n) is 2.56. The van der Waals surface area contributed by atoms with Crippen LogP contribution in [0.25, 0.3) is 11.1 Å². The van der Waals surface area contributed by atoms with Gasteiger partial charge >= 0.3 is 0 Å². The van der Waals surface area contributed by atoms with Gasteiger partial charge in [0.25, 0.3) is 0 Å². The molecular weight excluding hydrogens is 200 g/mol. The number of rotatable bonds is 2. The zero-order valence-corrected chi connectivity index (χ0v) is 9.14. The van der Waals surface area contributed by atoms with Crippen LogP contribution < -0.4 is 0 Å². The summed E-state index contributed by atoms with van der Waals surface area (Å²) in [6, 6.07) is 13.1. The van der Waals surface area contributed by atoms with Gasteiger partial charge in [-0.1, -0.05) is 30.3 Å². The molecule has 0 saturated carbocycles. The molecule has 0 saturated heterocycles. The highest BCUT2D eigenvalue weighted by Gasteiger charge is 2.05. The van der Waals surface area contributed by atoms with Crippen LogP contribution in [0.4, 0.5) is 0 Å². The van der Waals surface area contributed by atoms with E-state index in [2.05, 4.69) is 0 Å². The van der Waals surface area contributed by atoms with Gasteiger partial charge in [0.05, 0.1) is 6.61 Å². The Morgan fingerprint density at radius 2 is 1.81 bits per heavy atom. The van der Waals surface area contributed by atoms with Crippen molar-refractivity contribution in [3.8, 4) is 16.9 Å². The van der Waals surface area contributed by atoms with Crippen molar-refractivity contribution < 1.29 is 10.2 Å². The number of aliphatic hydroxyl groups excluding tert-OH is 1. The van der Waals surface area contributed by atoms with Gasteiger partial charge in [0.15, 0.2) is 0 Å². The van der Waals surface area contributed by atoms with E-state index < -0.39 is 0 Å². The Morgan fingerprint density at radius 3 is 2.50 bits per heavy atom. The minimum absolute atomic E-state index is 0.00484. The highest BCUT2D eigenvalue weighted by atomic mass is 16.3. The van der Waals surface area contributed by atoms with Crippen LogP contribution in [0.5, 0.6) is 5.75 Å². The van der Waals surface area contributed by atoms with Crippen molar-refractivity contribution in [1.29, 1.82) is 0 Å². The molecule has 2 aromatic rings. The Labute approximate surface area is 94.8 Å². The first-order valence-electron chi connectivity index (χ1n) is 5.20. The minimum atomic E-state index is 0.00484. The summed E-state index contributed by atoms with van der Waals surface area (Å²) in [6.07, 6.45) is 0. The maximum atomic E-state index is 9.56. The van der Waals surface area contributed by atoms with E-state index in [0.717, 1.165) is 22.3 Å². The monoisotopic (exact) mass is 214 g/mol. The van der Waals surface area contributed by atoms with Gasteiger partial charge in [-0.15, -0.1) is 0 Å². The van der Waals surface area contributed by atoms with Gasteiger partial charge in [0.2, 0.25) is 0 Å². The second kappa shape index (κ2) is 4.37. The van der Waals surface area contributed by atoms with Crippen molar-refractivity contribution in [3.05, 3.63) is 53.6 Å². The van der Waals surface area contributed by atoms with Crippen molar-refractivity contribution in [1.82, 2.24) is 0 Å². The van der Waals surface area contributed by atoms with Gasteiger partial charge in [0, 0.05) is 0 Å². The molecule has 0 atom stereocenters. The van der Waals surface area contributed by atoms with E-state index in [0.29, 0.717) is 0 Å². The van der Waals surface area contributed by atoms with Crippen molar-refractivity contribution in [3.63, 3.8) is 0 Å². The SMILES string of the molecule is Cc1cc(O)cc(-c2ccccc2CO)c1. The van der Waals surface area contributed by atoms with Crippen LogP contribution in [0.15, 0.2) is 42.5 Å². The predicted octanol–water partition coefficient (Wildman–Crippen LogP) is 2.86. The fourth-order valence-electron chi connectivity index (χ4n) is 1.86. The van der Waals surface area contributed by atoms with Crippen LogP contribution >= 0.6 is 0 Å².